The second-order valence-corrected chi connectivity index (χ2v) is 8.97. The Morgan fingerprint density at radius 2 is 1.93 bits per heavy atom. The molecule has 0 aliphatic carbocycles. The molecule has 0 aromatic carbocycles. The fourth-order valence-corrected chi connectivity index (χ4v) is 5.12. The van der Waals surface area contributed by atoms with Gasteiger partial charge in [-0.25, -0.2) is 9.97 Å². The number of ether oxygens (including phenoxy) is 1. The molecule has 6 nitrogen and oxygen atoms in total. The number of rotatable bonds is 5. The van der Waals surface area contributed by atoms with Crippen molar-refractivity contribution in [2.75, 3.05) is 18.8 Å². The summed E-state index contributed by atoms with van der Waals surface area (Å²) in [5, 5.41) is 1.79. The largest absolute Gasteiger partial charge is 0.452 e. The van der Waals surface area contributed by atoms with E-state index in [0.717, 1.165) is 59.6 Å². The molecule has 0 N–H and O–H groups in total. The van der Waals surface area contributed by atoms with Crippen molar-refractivity contribution in [1.29, 1.82) is 0 Å². The molecule has 3 rings (SSSR count). The van der Waals surface area contributed by atoms with Crippen LogP contribution in [0.2, 0.25) is 0 Å². The zero-order valence-corrected chi connectivity index (χ0v) is 17.6. The molecule has 1 saturated heterocycles. The van der Waals surface area contributed by atoms with E-state index in [-0.39, 0.29) is 11.7 Å². The second-order valence-electron chi connectivity index (χ2n) is 6.80. The maximum absolute atomic E-state index is 12.5. The Morgan fingerprint density at radius 3 is 2.63 bits per heavy atom. The van der Waals surface area contributed by atoms with Gasteiger partial charge in [0.15, 0.2) is 6.10 Å². The van der Waals surface area contributed by atoms with Gasteiger partial charge in [0.05, 0.1) is 5.75 Å². The van der Waals surface area contributed by atoms with E-state index in [2.05, 4.69) is 16.9 Å². The molecule has 3 heterocycles. The number of hydrogen-bond donors (Lipinski definition) is 0. The molecule has 0 spiro atoms. The first kappa shape index (κ1) is 20.1. The quantitative estimate of drug-likeness (QED) is 0.427. The Balaban J connectivity index is 1.57. The number of carbonyl (C=O) groups excluding carboxylic acids is 2. The van der Waals surface area contributed by atoms with E-state index >= 15 is 0 Å². The summed E-state index contributed by atoms with van der Waals surface area (Å²) in [4.78, 5) is 37.3. The van der Waals surface area contributed by atoms with Gasteiger partial charge in [0.2, 0.25) is 0 Å². The van der Waals surface area contributed by atoms with Crippen LogP contribution < -0.4 is 0 Å². The highest BCUT2D eigenvalue weighted by molar-refractivity contribution is 8.00. The number of esters is 1. The first-order chi connectivity index (χ1) is 13.0. The first-order valence-electron chi connectivity index (χ1n) is 9.29. The van der Waals surface area contributed by atoms with Gasteiger partial charge in [-0.05, 0) is 39.2 Å². The van der Waals surface area contributed by atoms with Crippen molar-refractivity contribution in [2.24, 2.45) is 0 Å². The molecule has 8 heteroatoms. The van der Waals surface area contributed by atoms with Crippen molar-refractivity contribution in [2.45, 2.75) is 57.6 Å². The SMILES string of the molecule is Cc1sc2ncnc(SCC(=O)O[C@@H](C)C(=O)N3CCCCCC3)c2c1C. The predicted molar refractivity (Wildman–Crippen MR) is 108 cm³/mol. The number of fused-ring (bicyclic) bond motifs is 1. The normalized spacial score (nSPS) is 16.2. The second kappa shape index (κ2) is 9.01. The first-order valence-corrected chi connectivity index (χ1v) is 11.1. The van der Waals surface area contributed by atoms with Crippen LogP contribution in [0.5, 0.6) is 0 Å². The highest BCUT2D eigenvalue weighted by Gasteiger charge is 2.24. The lowest BCUT2D eigenvalue weighted by Gasteiger charge is -2.23. The minimum atomic E-state index is -0.744. The van der Waals surface area contributed by atoms with Crippen LogP contribution in [0.4, 0.5) is 0 Å². The van der Waals surface area contributed by atoms with Crippen LogP contribution in [0, 0.1) is 13.8 Å². The Hall–Kier alpha value is -1.67. The van der Waals surface area contributed by atoms with Gasteiger partial charge in [-0.15, -0.1) is 11.3 Å². The lowest BCUT2D eigenvalue weighted by atomic mass is 10.2. The molecule has 27 heavy (non-hydrogen) atoms. The average molecular weight is 408 g/mol. The standard InChI is InChI=1S/C19H25N3O3S2/c1-12-14(3)27-18-16(12)17(20-11-21-18)26-10-15(23)25-13(2)19(24)22-8-6-4-5-7-9-22/h11,13H,4-10H2,1-3H3/t13-/m0/s1. The molecule has 0 unspecified atom stereocenters. The lowest BCUT2D eigenvalue weighted by Crippen LogP contribution is -2.40. The van der Waals surface area contributed by atoms with Crippen molar-refractivity contribution in [3.63, 3.8) is 0 Å². The van der Waals surface area contributed by atoms with E-state index in [1.54, 1.807) is 18.3 Å². The molecule has 1 aliphatic rings. The van der Waals surface area contributed by atoms with Crippen LogP contribution in [0.1, 0.15) is 43.0 Å². The van der Waals surface area contributed by atoms with Crippen LogP contribution in [-0.4, -0.2) is 51.7 Å². The monoisotopic (exact) mass is 407 g/mol. The third-order valence-electron chi connectivity index (χ3n) is 4.83. The molecular formula is C19H25N3O3S2. The van der Waals surface area contributed by atoms with Crippen molar-refractivity contribution in [3.8, 4) is 0 Å². The highest BCUT2D eigenvalue weighted by Crippen LogP contribution is 2.34. The topological polar surface area (TPSA) is 72.4 Å². The molecule has 0 bridgehead atoms. The fraction of sp³-hybridized carbons (Fsp3) is 0.579. The number of amides is 1. The maximum Gasteiger partial charge on any atom is 0.317 e. The van der Waals surface area contributed by atoms with Crippen LogP contribution in [0.15, 0.2) is 11.4 Å². The van der Waals surface area contributed by atoms with E-state index in [0.29, 0.717) is 0 Å². The van der Waals surface area contributed by atoms with Gasteiger partial charge in [-0.1, -0.05) is 24.6 Å². The number of aryl methyl sites for hydroxylation is 2. The fourth-order valence-electron chi connectivity index (χ4n) is 3.22. The smallest absolute Gasteiger partial charge is 0.317 e. The summed E-state index contributed by atoms with van der Waals surface area (Å²) in [5.74, 6) is -0.367. The molecule has 1 aliphatic heterocycles. The minimum absolute atomic E-state index is 0.0935. The number of aromatic nitrogens is 2. The Kier molecular flexibility index (Phi) is 6.70. The van der Waals surface area contributed by atoms with Gasteiger partial charge in [0.25, 0.3) is 5.91 Å². The van der Waals surface area contributed by atoms with E-state index < -0.39 is 12.1 Å². The molecule has 1 atom stereocenters. The van der Waals surface area contributed by atoms with Gasteiger partial charge < -0.3 is 9.64 Å². The molecule has 1 amide bonds. The van der Waals surface area contributed by atoms with Gasteiger partial charge >= 0.3 is 5.97 Å². The number of thioether (sulfide) groups is 1. The zero-order chi connectivity index (χ0) is 19.4. The molecule has 0 radical (unpaired) electrons. The van der Waals surface area contributed by atoms with Crippen molar-refractivity contribution >= 4 is 45.2 Å². The Bertz CT molecular complexity index is 829. The van der Waals surface area contributed by atoms with Gasteiger partial charge in [-0.3, -0.25) is 9.59 Å². The van der Waals surface area contributed by atoms with Gasteiger partial charge in [0.1, 0.15) is 16.2 Å². The average Bonchev–Trinajstić information content (AvgIpc) is 2.84. The minimum Gasteiger partial charge on any atom is -0.452 e. The zero-order valence-electron chi connectivity index (χ0n) is 16.0. The van der Waals surface area contributed by atoms with Crippen molar-refractivity contribution in [3.05, 3.63) is 16.8 Å². The number of hydrogen-bond acceptors (Lipinski definition) is 7. The third kappa shape index (κ3) is 4.79. The summed E-state index contributed by atoms with van der Waals surface area (Å²) in [6, 6.07) is 0. The van der Waals surface area contributed by atoms with Crippen LogP contribution in [-0.2, 0) is 14.3 Å². The van der Waals surface area contributed by atoms with Crippen molar-refractivity contribution in [1.82, 2.24) is 14.9 Å². The summed E-state index contributed by atoms with van der Waals surface area (Å²) in [7, 11) is 0. The van der Waals surface area contributed by atoms with E-state index in [4.69, 9.17) is 4.74 Å². The van der Waals surface area contributed by atoms with E-state index in [1.165, 1.54) is 23.0 Å². The molecular weight excluding hydrogens is 382 g/mol. The van der Waals surface area contributed by atoms with Crippen LogP contribution in [0.25, 0.3) is 10.2 Å². The molecule has 0 saturated carbocycles. The van der Waals surface area contributed by atoms with E-state index in [1.807, 2.05) is 11.8 Å². The Morgan fingerprint density at radius 1 is 1.22 bits per heavy atom. The lowest BCUT2D eigenvalue weighted by molar-refractivity contribution is -0.157. The third-order valence-corrected chi connectivity index (χ3v) is 6.91. The van der Waals surface area contributed by atoms with E-state index in [9.17, 15) is 9.59 Å². The van der Waals surface area contributed by atoms with Crippen LogP contribution >= 0.6 is 23.1 Å². The number of carbonyl (C=O) groups is 2. The summed E-state index contributed by atoms with van der Waals surface area (Å²) in [5.41, 5.74) is 1.15. The maximum atomic E-state index is 12.5. The van der Waals surface area contributed by atoms with Gasteiger partial charge in [0, 0.05) is 23.4 Å². The van der Waals surface area contributed by atoms with Crippen LogP contribution in [0.3, 0.4) is 0 Å². The molecule has 146 valence electrons. The summed E-state index contributed by atoms with van der Waals surface area (Å²) in [6.45, 7) is 7.27. The van der Waals surface area contributed by atoms with Crippen molar-refractivity contribution < 1.29 is 14.3 Å². The number of likely N-dealkylation sites (tertiary alicyclic amines) is 1. The highest BCUT2D eigenvalue weighted by atomic mass is 32.2. The summed E-state index contributed by atoms with van der Waals surface area (Å²) in [6.07, 6.45) is 5.13. The van der Waals surface area contributed by atoms with Gasteiger partial charge in [-0.2, -0.15) is 0 Å². The summed E-state index contributed by atoms with van der Waals surface area (Å²) >= 11 is 2.96. The Labute approximate surface area is 167 Å². The molecule has 1 fully saturated rings. The number of thiophene rings is 1. The number of nitrogens with zero attached hydrogens (tertiary/aromatic N) is 3. The molecule has 2 aromatic heterocycles. The summed E-state index contributed by atoms with van der Waals surface area (Å²) < 4.78 is 5.38. The molecule has 2 aromatic rings. The predicted octanol–water partition coefficient (Wildman–Crippen LogP) is 3.73.